The van der Waals surface area contributed by atoms with Gasteiger partial charge in [0.05, 0.1) is 6.54 Å². The summed E-state index contributed by atoms with van der Waals surface area (Å²) >= 11 is 1.26. The van der Waals surface area contributed by atoms with E-state index in [-0.39, 0.29) is 5.54 Å². The third-order valence-corrected chi connectivity index (χ3v) is 2.32. The number of hydrogen-bond acceptors (Lipinski definition) is 7. The summed E-state index contributed by atoms with van der Waals surface area (Å²) in [6.45, 7) is 6.78. The molecule has 2 rings (SSSR count). The Morgan fingerprint density at radius 2 is 2.12 bits per heavy atom. The number of rotatable bonds is 3. The predicted octanol–water partition coefficient (Wildman–Crippen LogP) is 1.48. The van der Waals surface area contributed by atoms with E-state index in [4.69, 9.17) is 4.42 Å². The average molecular weight is 239 g/mol. The molecule has 2 aromatic rings. The first-order valence-corrected chi connectivity index (χ1v) is 5.73. The summed E-state index contributed by atoms with van der Waals surface area (Å²) in [5, 5.41) is 16.7. The van der Waals surface area contributed by atoms with Crippen molar-refractivity contribution in [1.82, 2.24) is 25.1 Å². The summed E-state index contributed by atoms with van der Waals surface area (Å²) in [5.74, 6) is 0.970. The van der Waals surface area contributed by atoms with Crippen molar-refractivity contribution < 1.29 is 4.42 Å². The third kappa shape index (κ3) is 2.83. The Bertz CT molecular complexity index is 445. The average Bonchev–Trinajstić information content (AvgIpc) is 2.84. The molecule has 0 atom stereocenters. The van der Waals surface area contributed by atoms with Crippen LogP contribution in [0.5, 0.6) is 0 Å². The minimum absolute atomic E-state index is 0.0246. The molecule has 0 unspecified atom stereocenters. The van der Waals surface area contributed by atoms with Gasteiger partial charge in [-0.1, -0.05) is 4.49 Å². The minimum Gasteiger partial charge on any atom is -0.418 e. The highest BCUT2D eigenvalue weighted by Gasteiger charge is 2.13. The van der Waals surface area contributed by atoms with Crippen molar-refractivity contribution in [2.24, 2.45) is 0 Å². The first-order valence-electron chi connectivity index (χ1n) is 4.89. The van der Waals surface area contributed by atoms with Crippen LogP contribution < -0.4 is 5.32 Å². The zero-order chi connectivity index (χ0) is 11.6. The number of nitrogens with one attached hydrogen (secondary N) is 1. The molecule has 0 aliphatic heterocycles. The van der Waals surface area contributed by atoms with E-state index in [0.717, 1.165) is 0 Å². The van der Waals surface area contributed by atoms with E-state index in [9.17, 15) is 0 Å². The van der Waals surface area contributed by atoms with Crippen molar-refractivity contribution in [2.75, 3.05) is 0 Å². The van der Waals surface area contributed by atoms with Crippen LogP contribution in [0.4, 0.5) is 0 Å². The SMILES string of the molecule is CC(C)(C)NCc1nnc(-c2csnn2)o1. The molecule has 0 saturated heterocycles. The molecule has 16 heavy (non-hydrogen) atoms. The lowest BCUT2D eigenvalue weighted by molar-refractivity contribution is 0.383. The first kappa shape index (κ1) is 11.2. The molecule has 0 aliphatic carbocycles. The van der Waals surface area contributed by atoms with Crippen molar-refractivity contribution in [2.45, 2.75) is 32.9 Å². The molecular formula is C9H13N5OS. The fourth-order valence-corrected chi connectivity index (χ4v) is 1.46. The van der Waals surface area contributed by atoms with Crippen LogP contribution in [0.3, 0.4) is 0 Å². The van der Waals surface area contributed by atoms with Crippen LogP contribution in [0.1, 0.15) is 26.7 Å². The quantitative estimate of drug-likeness (QED) is 0.874. The van der Waals surface area contributed by atoms with Crippen LogP contribution in [0.25, 0.3) is 11.6 Å². The molecule has 0 saturated carbocycles. The molecule has 6 nitrogen and oxygen atoms in total. The van der Waals surface area contributed by atoms with Crippen LogP contribution in [0.2, 0.25) is 0 Å². The number of hydrogen-bond donors (Lipinski definition) is 1. The molecule has 86 valence electrons. The Morgan fingerprint density at radius 1 is 1.31 bits per heavy atom. The summed E-state index contributed by atoms with van der Waals surface area (Å²) < 4.78 is 9.18. The standard InChI is InChI=1S/C9H13N5OS/c1-9(2,3)10-4-7-12-13-8(15-7)6-5-16-14-11-6/h5,10H,4H2,1-3H3. The highest BCUT2D eigenvalue weighted by atomic mass is 32.1. The van der Waals surface area contributed by atoms with Gasteiger partial charge in [-0.05, 0) is 32.3 Å². The molecule has 1 N–H and O–H groups in total. The van der Waals surface area contributed by atoms with Crippen molar-refractivity contribution in [1.29, 1.82) is 0 Å². The van der Waals surface area contributed by atoms with Crippen LogP contribution in [-0.4, -0.2) is 25.3 Å². The Labute approximate surface area is 97.3 Å². The van der Waals surface area contributed by atoms with Gasteiger partial charge in [-0.25, -0.2) is 0 Å². The maximum absolute atomic E-state index is 5.44. The second-order valence-electron chi connectivity index (χ2n) is 4.39. The van der Waals surface area contributed by atoms with E-state index in [1.807, 2.05) is 0 Å². The zero-order valence-electron chi connectivity index (χ0n) is 9.39. The van der Waals surface area contributed by atoms with Gasteiger partial charge in [0, 0.05) is 10.9 Å². The van der Waals surface area contributed by atoms with E-state index in [1.165, 1.54) is 11.5 Å². The molecule has 7 heteroatoms. The lowest BCUT2D eigenvalue weighted by atomic mass is 10.1. The zero-order valence-corrected chi connectivity index (χ0v) is 10.2. The lowest BCUT2D eigenvalue weighted by Crippen LogP contribution is -2.35. The molecular weight excluding hydrogens is 226 g/mol. The highest BCUT2D eigenvalue weighted by molar-refractivity contribution is 7.03. The monoisotopic (exact) mass is 239 g/mol. The largest absolute Gasteiger partial charge is 0.418 e. The smallest absolute Gasteiger partial charge is 0.269 e. The third-order valence-electron chi connectivity index (χ3n) is 1.82. The number of nitrogens with zero attached hydrogens (tertiary/aromatic N) is 4. The summed E-state index contributed by atoms with van der Waals surface area (Å²) in [6, 6.07) is 0. The molecule has 0 radical (unpaired) electrons. The topological polar surface area (TPSA) is 76.7 Å². The molecule has 0 aliphatic rings. The molecule has 0 fully saturated rings. The molecule has 2 heterocycles. The fourth-order valence-electron chi connectivity index (χ4n) is 1.03. The van der Waals surface area contributed by atoms with E-state index in [2.05, 4.69) is 45.9 Å². The summed E-state index contributed by atoms with van der Waals surface area (Å²) in [5.41, 5.74) is 0.649. The van der Waals surface area contributed by atoms with Crippen LogP contribution >= 0.6 is 11.5 Å². The second kappa shape index (κ2) is 4.26. The van der Waals surface area contributed by atoms with Crippen LogP contribution in [-0.2, 0) is 6.54 Å². The van der Waals surface area contributed by atoms with Crippen molar-refractivity contribution in [3.05, 3.63) is 11.3 Å². The van der Waals surface area contributed by atoms with Gasteiger partial charge in [0.25, 0.3) is 5.89 Å². The molecule has 0 aromatic carbocycles. The molecule has 0 bridgehead atoms. The second-order valence-corrected chi connectivity index (χ2v) is 5.00. The summed E-state index contributed by atoms with van der Waals surface area (Å²) in [6.07, 6.45) is 0. The van der Waals surface area contributed by atoms with Crippen molar-refractivity contribution in [3.63, 3.8) is 0 Å². The van der Waals surface area contributed by atoms with Crippen molar-refractivity contribution in [3.8, 4) is 11.6 Å². The van der Waals surface area contributed by atoms with Crippen molar-refractivity contribution >= 4 is 11.5 Å². The van der Waals surface area contributed by atoms with Gasteiger partial charge in [0.2, 0.25) is 5.89 Å². The minimum atomic E-state index is 0.0246. The van der Waals surface area contributed by atoms with Gasteiger partial charge in [-0.15, -0.1) is 15.3 Å². The fraction of sp³-hybridized carbons (Fsp3) is 0.556. The van der Waals surface area contributed by atoms with Gasteiger partial charge in [-0.3, -0.25) is 0 Å². The van der Waals surface area contributed by atoms with Crippen LogP contribution in [0.15, 0.2) is 9.80 Å². The van der Waals surface area contributed by atoms with Gasteiger partial charge in [0.1, 0.15) is 0 Å². The predicted molar refractivity (Wildman–Crippen MR) is 59.8 cm³/mol. The lowest BCUT2D eigenvalue weighted by Gasteiger charge is -2.18. The van der Waals surface area contributed by atoms with E-state index in [1.54, 1.807) is 5.38 Å². The first-order chi connectivity index (χ1) is 7.54. The van der Waals surface area contributed by atoms with Gasteiger partial charge in [-0.2, -0.15) is 0 Å². The van der Waals surface area contributed by atoms with Gasteiger partial charge in [0.15, 0.2) is 5.69 Å². The molecule has 0 amide bonds. The normalized spacial score (nSPS) is 11.9. The number of aromatic nitrogens is 4. The Balaban J connectivity index is 2.03. The highest BCUT2D eigenvalue weighted by Crippen LogP contribution is 2.15. The Hall–Kier alpha value is -1.34. The van der Waals surface area contributed by atoms with Gasteiger partial charge >= 0.3 is 0 Å². The maximum Gasteiger partial charge on any atom is 0.269 e. The molecule has 2 aromatic heterocycles. The van der Waals surface area contributed by atoms with Crippen LogP contribution in [0, 0.1) is 0 Å². The Morgan fingerprint density at radius 3 is 2.75 bits per heavy atom. The van der Waals surface area contributed by atoms with E-state index < -0.39 is 0 Å². The maximum atomic E-state index is 5.44. The Kier molecular flexibility index (Phi) is 2.97. The van der Waals surface area contributed by atoms with Gasteiger partial charge < -0.3 is 9.73 Å². The van der Waals surface area contributed by atoms with E-state index in [0.29, 0.717) is 24.0 Å². The summed E-state index contributed by atoms with van der Waals surface area (Å²) in [7, 11) is 0. The molecule has 0 spiro atoms. The summed E-state index contributed by atoms with van der Waals surface area (Å²) in [4.78, 5) is 0. The van der Waals surface area contributed by atoms with E-state index >= 15 is 0 Å².